The zero-order chi connectivity index (χ0) is 59.8. The van der Waals surface area contributed by atoms with Crippen LogP contribution in [0.2, 0.25) is 0 Å². The number of hydrogen-bond donors (Lipinski definition) is 16. The molecule has 0 unspecified atom stereocenters. The minimum Gasteiger partial charge on any atom is -0.507 e. The van der Waals surface area contributed by atoms with Gasteiger partial charge < -0.3 is 124 Å². The third-order valence-corrected chi connectivity index (χ3v) is 14.0. The summed E-state index contributed by atoms with van der Waals surface area (Å²) >= 11 is 0. The van der Waals surface area contributed by atoms with Gasteiger partial charge in [-0.3, -0.25) is 9.59 Å². The molecule has 27 heteroatoms. The van der Waals surface area contributed by atoms with Crippen molar-refractivity contribution in [2.75, 3.05) is 26.9 Å². The summed E-state index contributed by atoms with van der Waals surface area (Å²) in [6, 6.07) is 13.5. The highest BCUT2D eigenvalue weighted by Crippen LogP contribution is 2.45. The summed E-state index contributed by atoms with van der Waals surface area (Å²) in [6.07, 6.45) is -20.2. The standard InChI is InChI=1S/C34H42O14.C21H20O13/c1-15(2)5-10-19-21(46-34-30(42)29(41)26(38)22(13-35)47-34)12-11-20-25(37)33(44-14-23-27(39)28(40)24(36)16(3)45-23)31(48-32(19)20)17-6-8-18(43-4)9-7-17;22-5-11-13(27)15(29)17(31)21(32-11)34-19-10(26)4-9(25)12-14(28)16(30)18(33-20(12)19)6-1-2-7(23)8(24)3-6/h5-9,11-12,16,22-24,26-30,34-36,38-42H,10,13-14H2,1-4H3;1-4,11,13,15,17,21-27,29-31H,5H2/t16-,22+,23-,24-,26+,27-,28+,29-,30+,34+;11-,13-,15+,17-,21+/m01/s1. The van der Waals surface area contributed by atoms with Crippen LogP contribution in [-0.2, 0) is 20.6 Å². The zero-order valence-corrected chi connectivity index (χ0v) is 44.0. The molecule has 0 spiro atoms. The fourth-order valence-electron chi connectivity index (χ4n) is 9.24. The number of methoxy groups -OCH3 is 1. The Morgan fingerprint density at radius 2 is 1.13 bits per heavy atom. The normalized spacial score (nSPS) is 28.2. The lowest BCUT2D eigenvalue weighted by Gasteiger charge is -2.39. The van der Waals surface area contributed by atoms with Crippen molar-refractivity contribution in [3.05, 3.63) is 98.3 Å². The number of phenolic OH excluding ortho intramolecular Hbond substituents is 4. The van der Waals surface area contributed by atoms with Gasteiger partial charge in [0.15, 0.2) is 34.4 Å². The summed E-state index contributed by atoms with van der Waals surface area (Å²) in [6.45, 7) is 3.54. The average molecular weight is 1160 g/mol. The number of rotatable bonds is 14. The molecule has 2 aromatic heterocycles. The molecule has 3 fully saturated rings. The molecule has 0 radical (unpaired) electrons. The van der Waals surface area contributed by atoms with Crippen molar-refractivity contribution < 1.29 is 124 Å². The molecule has 6 aromatic rings. The van der Waals surface area contributed by atoms with Crippen molar-refractivity contribution in [2.45, 2.75) is 119 Å². The average Bonchev–Trinajstić information content (AvgIpc) is 3.48. The molecule has 16 N–H and O–H groups in total. The molecule has 9 rings (SSSR count). The highest BCUT2D eigenvalue weighted by Gasteiger charge is 2.47. The van der Waals surface area contributed by atoms with Gasteiger partial charge >= 0.3 is 0 Å². The summed E-state index contributed by atoms with van der Waals surface area (Å²) < 4.78 is 51.2. The largest absolute Gasteiger partial charge is 0.507 e. The van der Waals surface area contributed by atoms with Gasteiger partial charge in [-0.2, -0.15) is 0 Å². The minimum absolute atomic E-state index is 0.0255. The van der Waals surface area contributed by atoms with Gasteiger partial charge in [-0.05, 0) is 81.8 Å². The second-order valence-electron chi connectivity index (χ2n) is 19.8. The van der Waals surface area contributed by atoms with E-state index in [0.29, 0.717) is 22.9 Å². The summed E-state index contributed by atoms with van der Waals surface area (Å²) in [5.41, 5.74) is -0.518. The molecule has 82 heavy (non-hydrogen) atoms. The molecule has 0 bridgehead atoms. The first-order chi connectivity index (χ1) is 38.9. The minimum atomic E-state index is -1.88. The number of benzene rings is 4. The van der Waals surface area contributed by atoms with Crippen LogP contribution in [0.15, 0.2) is 90.7 Å². The highest BCUT2D eigenvalue weighted by molar-refractivity contribution is 5.93. The van der Waals surface area contributed by atoms with E-state index in [1.165, 1.54) is 32.2 Å². The van der Waals surface area contributed by atoms with E-state index < -0.39 is 167 Å². The maximum Gasteiger partial charge on any atom is 0.238 e. The molecule has 4 aromatic carbocycles. The van der Waals surface area contributed by atoms with Gasteiger partial charge in [0.05, 0.1) is 31.8 Å². The molecular weight excluding hydrogens is 1090 g/mol. The van der Waals surface area contributed by atoms with Crippen LogP contribution < -0.4 is 29.8 Å². The quantitative estimate of drug-likeness (QED) is 0.0486. The Morgan fingerprint density at radius 1 is 0.561 bits per heavy atom. The van der Waals surface area contributed by atoms with Crippen LogP contribution in [0.5, 0.6) is 51.7 Å². The number of allylic oxidation sites excluding steroid dienone is 2. The van der Waals surface area contributed by atoms with Gasteiger partial charge in [-0.25, -0.2) is 0 Å². The molecule has 15 atom stereocenters. The van der Waals surface area contributed by atoms with E-state index in [-0.39, 0.29) is 46.8 Å². The van der Waals surface area contributed by atoms with Gasteiger partial charge in [0, 0.05) is 22.8 Å². The van der Waals surface area contributed by atoms with Crippen LogP contribution in [0, 0.1) is 0 Å². The Kier molecular flexibility index (Phi) is 18.6. The second kappa shape index (κ2) is 25.0. The Morgan fingerprint density at radius 3 is 1.72 bits per heavy atom. The van der Waals surface area contributed by atoms with Crippen molar-refractivity contribution in [1.82, 2.24) is 0 Å². The Bertz CT molecular complexity index is 3390. The van der Waals surface area contributed by atoms with Crippen molar-refractivity contribution in [3.63, 3.8) is 0 Å². The fraction of sp³-hybridized carbons (Fsp3) is 0.418. The van der Waals surface area contributed by atoms with Crippen LogP contribution >= 0.6 is 0 Å². The highest BCUT2D eigenvalue weighted by atomic mass is 16.7. The van der Waals surface area contributed by atoms with Crippen LogP contribution in [0.1, 0.15) is 26.3 Å². The molecule has 444 valence electrons. The molecule has 0 aliphatic carbocycles. The molecule has 0 amide bonds. The number of aromatic hydroxyl groups is 5. The van der Waals surface area contributed by atoms with E-state index in [0.717, 1.165) is 17.7 Å². The van der Waals surface area contributed by atoms with Crippen LogP contribution in [0.25, 0.3) is 44.6 Å². The van der Waals surface area contributed by atoms with E-state index in [2.05, 4.69) is 0 Å². The number of fused-ring (bicyclic) bond motifs is 2. The molecule has 27 nitrogen and oxygen atoms in total. The number of aliphatic hydroxyl groups excluding tert-OH is 11. The molecule has 3 aliphatic rings. The van der Waals surface area contributed by atoms with Crippen molar-refractivity contribution in [2.24, 2.45) is 0 Å². The summed E-state index contributed by atoms with van der Waals surface area (Å²) in [5.74, 6) is -4.33. The zero-order valence-electron chi connectivity index (χ0n) is 44.0. The fourth-order valence-corrected chi connectivity index (χ4v) is 9.24. The monoisotopic (exact) mass is 1150 g/mol. The van der Waals surface area contributed by atoms with E-state index in [9.17, 15) is 91.3 Å². The van der Waals surface area contributed by atoms with Gasteiger partial charge in [-0.15, -0.1) is 0 Å². The Balaban J connectivity index is 0.000000227. The summed E-state index contributed by atoms with van der Waals surface area (Å²) in [5, 5.41) is 161. The lowest BCUT2D eigenvalue weighted by Crippen LogP contribution is -2.60. The predicted octanol–water partition coefficient (Wildman–Crippen LogP) is -0.429. The Hall–Kier alpha value is -7.32. The topological polar surface area (TPSA) is 449 Å². The SMILES string of the molecule is COc1ccc(-c2oc3c(CC=C(C)C)c(O[C@@H]4O[C@H](CO)[C@@H](O)[C@H](O)[C@H]4O)ccc3c(=O)c2OC[C@@H]2O[C@@H](C)[C@H](O)[C@@H](O)[C@H]2O)cc1.O=c1c(O)c(-c2ccc(O)c(O)c2)oc2c(O[C@@H]3O[C@H](CO)[C@@H](O)[C@H](O)[C@H]3O)c(O)cc(O)c12. The molecular formula is C55H62O27. The van der Waals surface area contributed by atoms with Crippen molar-refractivity contribution >= 4 is 21.9 Å². The number of ether oxygens (including phenoxy) is 7. The Labute approximate surface area is 463 Å². The number of phenols is 4. The summed E-state index contributed by atoms with van der Waals surface area (Å²) in [4.78, 5) is 27.0. The molecule has 0 saturated carbocycles. The van der Waals surface area contributed by atoms with Crippen LogP contribution in [-0.4, -0.2) is 201 Å². The first-order valence-corrected chi connectivity index (χ1v) is 25.3. The third-order valence-electron chi connectivity index (χ3n) is 14.0. The second-order valence-corrected chi connectivity index (χ2v) is 19.8. The van der Waals surface area contributed by atoms with E-state index in [4.69, 9.17) is 42.0 Å². The van der Waals surface area contributed by atoms with Crippen molar-refractivity contribution in [1.29, 1.82) is 0 Å². The first kappa shape index (κ1) is 60.8. The van der Waals surface area contributed by atoms with E-state index in [1.807, 2.05) is 19.9 Å². The van der Waals surface area contributed by atoms with Gasteiger partial charge in [-0.1, -0.05) is 11.6 Å². The lowest BCUT2D eigenvalue weighted by molar-refractivity contribution is -0.277. The van der Waals surface area contributed by atoms with E-state index in [1.54, 1.807) is 24.3 Å². The number of hydrogen-bond acceptors (Lipinski definition) is 27. The van der Waals surface area contributed by atoms with Gasteiger partial charge in [0.25, 0.3) is 0 Å². The van der Waals surface area contributed by atoms with Crippen LogP contribution in [0.4, 0.5) is 0 Å². The first-order valence-electron chi connectivity index (χ1n) is 25.3. The van der Waals surface area contributed by atoms with Crippen molar-refractivity contribution in [3.8, 4) is 74.4 Å². The maximum absolute atomic E-state index is 14.2. The smallest absolute Gasteiger partial charge is 0.238 e. The third kappa shape index (κ3) is 12.0. The maximum atomic E-state index is 14.2. The van der Waals surface area contributed by atoms with Gasteiger partial charge in [0.2, 0.25) is 40.7 Å². The van der Waals surface area contributed by atoms with Gasteiger partial charge in [0.1, 0.15) is 108 Å². The van der Waals surface area contributed by atoms with E-state index >= 15 is 0 Å². The molecule has 5 heterocycles. The molecule has 3 aliphatic heterocycles. The summed E-state index contributed by atoms with van der Waals surface area (Å²) in [7, 11) is 1.51. The predicted molar refractivity (Wildman–Crippen MR) is 280 cm³/mol. The lowest BCUT2D eigenvalue weighted by atomic mass is 9.96. The molecule has 3 saturated heterocycles. The van der Waals surface area contributed by atoms with Crippen LogP contribution in [0.3, 0.4) is 0 Å². The number of aliphatic hydroxyl groups is 11.